The monoisotopic (exact) mass is 203 g/mol. The van der Waals surface area contributed by atoms with Gasteiger partial charge in [-0.05, 0) is 17.5 Å². The maximum Gasteiger partial charge on any atom is 0.224 e. The average Bonchev–Trinajstić information content (AvgIpc) is 2.27. The highest BCUT2D eigenvalue weighted by Crippen LogP contribution is 2.05. The Morgan fingerprint density at radius 2 is 1.93 bits per heavy atom. The van der Waals surface area contributed by atoms with E-state index in [1.54, 1.807) is 6.08 Å². The molecule has 0 atom stereocenters. The quantitative estimate of drug-likeness (QED) is 0.729. The molecule has 0 saturated carbocycles. The molecule has 0 radical (unpaired) electrons. The molecular formula is C13H17NO. The first-order chi connectivity index (χ1) is 7.26. The lowest BCUT2D eigenvalue weighted by Crippen LogP contribution is -2.24. The van der Waals surface area contributed by atoms with E-state index in [0.717, 1.165) is 12.0 Å². The van der Waals surface area contributed by atoms with Gasteiger partial charge in [-0.2, -0.15) is 0 Å². The van der Waals surface area contributed by atoms with E-state index in [4.69, 9.17) is 0 Å². The number of hydrogen-bond donors (Lipinski definition) is 1. The van der Waals surface area contributed by atoms with Gasteiger partial charge in [0.15, 0.2) is 0 Å². The SMILES string of the molecule is C=CCNC(=O)Cc1ccc(CC)cc1. The van der Waals surface area contributed by atoms with Gasteiger partial charge in [-0.1, -0.05) is 37.3 Å². The maximum atomic E-state index is 11.4. The van der Waals surface area contributed by atoms with E-state index in [9.17, 15) is 4.79 Å². The number of hydrogen-bond acceptors (Lipinski definition) is 1. The van der Waals surface area contributed by atoms with E-state index in [0.29, 0.717) is 13.0 Å². The number of carbonyl (C=O) groups is 1. The minimum absolute atomic E-state index is 0.0409. The molecule has 1 amide bonds. The largest absolute Gasteiger partial charge is 0.352 e. The third kappa shape index (κ3) is 3.98. The summed E-state index contributed by atoms with van der Waals surface area (Å²) in [5.41, 5.74) is 2.35. The predicted octanol–water partition coefficient (Wildman–Crippen LogP) is 2.09. The van der Waals surface area contributed by atoms with Gasteiger partial charge in [0.2, 0.25) is 5.91 Å². The molecule has 0 aliphatic carbocycles. The van der Waals surface area contributed by atoms with Gasteiger partial charge in [0.1, 0.15) is 0 Å². The Kier molecular flexibility index (Phi) is 4.61. The summed E-state index contributed by atoms with van der Waals surface area (Å²) in [6.07, 6.45) is 3.15. The molecule has 0 unspecified atom stereocenters. The molecule has 0 fully saturated rings. The molecule has 0 saturated heterocycles. The van der Waals surface area contributed by atoms with Gasteiger partial charge in [0.25, 0.3) is 0 Å². The normalized spacial score (nSPS) is 9.67. The molecule has 1 aromatic rings. The molecular weight excluding hydrogens is 186 g/mol. The van der Waals surface area contributed by atoms with E-state index in [2.05, 4.69) is 31.0 Å². The summed E-state index contributed by atoms with van der Waals surface area (Å²) < 4.78 is 0. The Morgan fingerprint density at radius 1 is 1.33 bits per heavy atom. The molecule has 0 aliphatic heterocycles. The number of benzene rings is 1. The van der Waals surface area contributed by atoms with Crippen LogP contribution in [0.25, 0.3) is 0 Å². The Hall–Kier alpha value is -1.57. The van der Waals surface area contributed by atoms with Crippen molar-refractivity contribution >= 4 is 5.91 Å². The van der Waals surface area contributed by atoms with Crippen LogP contribution >= 0.6 is 0 Å². The second-order valence-corrected chi connectivity index (χ2v) is 3.44. The van der Waals surface area contributed by atoms with Crippen LogP contribution in [-0.2, 0) is 17.6 Å². The standard InChI is InChI=1S/C13H17NO/c1-3-9-14-13(15)10-12-7-5-11(4-2)6-8-12/h3,5-8H,1,4,9-10H2,2H3,(H,14,15). The van der Waals surface area contributed by atoms with Crippen molar-refractivity contribution in [3.05, 3.63) is 48.0 Å². The lowest BCUT2D eigenvalue weighted by atomic mass is 10.1. The molecule has 2 nitrogen and oxygen atoms in total. The van der Waals surface area contributed by atoms with Gasteiger partial charge < -0.3 is 5.32 Å². The molecule has 1 aromatic carbocycles. The molecule has 0 spiro atoms. The second kappa shape index (κ2) is 6.02. The first-order valence-electron chi connectivity index (χ1n) is 5.21. The van der Waals surface area contributed by atoms with E-state index in [1.165, 1.54) is 5.56 Å². The molecule has 1 N–H and O–H groups in total. The van der Waals surface area contributed by atoms with Crippen LogP contribution in [-0.4, -0.2) is 12.5 Å². The van der Waals surface area contributed by atoms with E-state index in [1.807, 2.05) is 12.1 Å². The second-order valence-electron chi connectivity index (χ2n) is 3.44. The van der Waals surface area contributed by atoms with Crippen molar-refractivity contribution in [3.8, 4) is 0 Å². The van der Waals surface area contributed by atoms with Crippen LogP contribution < -0.4 is 5.32 Å². The molecule has 80 valence electrons. The van der Waals surface area contributed by atoms with E-state index in [-0.39, 0.29) is 5.91 Å². The lowest BCUT2D eigenvalue weighted by molar-refractivity contribution is -0.120. The number of rotatable bonds is 5. The fraction of sp³-hybridized carbons (Fsp3) is 0.308. The summed E-state index contributed by atoms with van der Waals surface area (Å²) in [6.45, 7) is 6.20. The number of nitrogens with one attached hydrogen (secondary N) is 1. The van der Waals surface area contributed by atoms with Crippen molar-refractivity contribution < 1.29 is 4.79 Å². The van der Waals surface area contributed by atoms with Crippen molar-refractivity contribution in [3.63, 3.8) is 0 Å². The van der Waals surface area contributed by atoms with Crippen molar-refractivity contribution in [2.24, 2.45) is 0 Å². The fourth-order valence-corrected chi connectivity index (χ4v) is 1.33. The molecule has 15 heavy (non-hydrogen) atoms. The molecule has 0 aliphatic rings. The van der Waals surface area contributed by atoms with Crippen LogP contribution in [0.5, 0.6) is 0 Å². The van der Waals surface area contributed by atoms with Crippen LogP contribution in [0.15, 0.2) is 36.9 Å². The predicted molar refractivity (Wildman–Crippen MR) is 62.7 cm³/mol. The number of carbonyl (C=O) groups excluding carboxylic acids is 1. The molecule has 0 aromatic heterocycles. The third-order valence-corrected chi connectivity index (χ3v) is 2.24. The Balaban J connectivity index is 2.49. The van der Waals surface area contributed by atoms with Crippen LogP contribution in [0, 0.1) is 0 Å². The van der Waals surface area contributed by atoms with Crippen LogP contribution in [0.2, 0.25) is 0 Å². The summed E-state index contributed by atoms with van der Waals surface area (Å²) in [5, 5.41) is 2.75. The van der Waals surface area contributed by atoms with E-state index < -0.39 is 0 Å². The van der Waals surface area contributed by atoms with Crippen molar-refractivity contribution in [2.75, 3.05) is 6.54 Å². The van der Waals surface area contributed by atoms with Crippen molar-refractivity contribution in [1.82, 2.24) is 5.32 Å². The minimum Gasteiger partial charge on any atom is -0.352 e. The Bertz CT molecular complexity index is 327. The zero-order chi connectivity index (χ0) is 11.1. The summed E-state index contributed by atoms with van der Waals surface area (Å²) >= 11 is 0. The smallest absolute Gasteiger partial charge is 0.224 e. The minimum atomic E-state index is 0.0409. The maximum absolute atomic E-state index is 11.4. The molecule has 0 heterocycles. The summed E-state index contributed by atoms with van der Waals surface area (Å²) in [7, 11) is 0. The molecule has 1 rings (SSSR count). The van der Waals surface area contributed by atoms with Crippen molar-refractivity contribution in [2.45, 2.75) is 19.8 Å². The third-order valence-electron chi connectivity index (χ3n) is 2.24. The summed E-state index contributed by atoms with van der Waals surface area (Å²) in [5.74, 6) is 0.0409. The fourth-order valence-electron chi connectivity index (χ4n) is 1.33. The first kappa shape index (κ1) is 11.5. The Morgan fingerprint density at radius 3 is 2.47 bits per heavy atom. The van der Waals surface area contributed by atoms with Crippen LogP contribution in [0.3, 0.4) is 0 Å². The summed E-state index contributed by atoms with van der Waals surface area (Å²) in [6, 6.07) is 8.14. The highest BCUT2D eigenvalue weighted by molar-refractivity contribution is 5.78. The average molecular weight is 203 g/mol. The highest BCUT2D eigenvalue weighted by atomic mass is 16.1. The Labute approximate surface area is 91.0 Å². The summed E-state index contributed by atoms with van der Waals surface area (Å²) in [4.78, 5) is 11.4. The van der Waals surface area contributed by atoms with Gasteiger partial charge in [-0.15, -0.1) is 6.58 Å². The van der Waals surface area contributed by atoms with Gasteiger partial charge in [0, 0.05) is 6.54 Å². The van der Waals surface area contributed by atoms with Gasteiger partial charge >= 0.3 is 0 Å². The first-order valence-corrected chi connectivity index (χ1v) is 5.21. The van der Waals surface area contributed by atoms with Gasteiger partial charge in [0.05, 0.1) is 6.42 Å². The zero-order valence-electron chi connectivity index (χ0n) is 9.12. The van der Waals surface area contributed by atoms with E-state index >= 15 is 0 Å². The van der Waals surface area contributed by atoms with Crippen LogP contribution in [0.1, 0.15) is 18.1 Å². The van der Waals surface area contributed by atoms with Crippen molar-refractivity contribution in [1.29, 1.82) is 0 Å². The highest BCUT2D eigenvalue weighted by Gasteiger charge is 2.01. The van der Waals surface area contributed by atoms with Gasteiger partial charge in [-0.3, -0.25) is 4.79 Å². The number of aryl methyl sites for hydroxylation is 1. The zero-order valence-corrected chi connectivity index (χ0v) is 9.12. The molecule has 2 heteroatoms. The lowest BCUT2D eigenvalue weighted by Gasteiger charge is -2.03. The van der Waals surface area contributed by atoms with Crippen LogP contribution in [0.4, 0.5) is 0 Å². The van der Waals surface area contributed by atoms with Gasteiger partial charge in [-0.25, -0.2) is 0 Å². The molecule has 0 bridgehead atoms. The number of amides is 1. The topological polar surface area (TPSA) is 29.1 Å².